The van der Waals surface area contributed by atoms with Crippen LogP contribution >= 0.6 is 46.3 Å². The summed E-state index contributed by atoms with van der Waals surface area (Å²) in [7, 11) is 0. The second kappa shape index (κ2) is 7.05. The van der Waals surface area contributed by atoms with Gasteiger partial charge in [-0.15, -0.1) is 10.2 Å². The maximum atomic E-state index is 12.3. The summed E-state index contributed by atoms with van der Waals surface area (Å²) >= 11 is 14.6. The first kappa shape index (κ1) is 16.5. The Bertz CT molecular complexity index is 769. The number of hydrogen-bond acceptors (Lipinski definition) is 6. The predicted octanol–water partition coefficient (Wildman–Crippen LogP) is 4.20. The van der Waals surface area contributed by atoms with Crippen LogP contribution < -0.4 is 5.32 Å². The lowest BCUT2D eigenvalue weighted by Crippen LogP contribution is -2.14. The van der Waals surface area contributed by atoms with Crippen molar-refractivity contribution >= 4 is 57.3 Å². The van der Waals surface area contributed by atoms with E-state index in [2.05, 4.69) is 15.5 Å². The van der Waals surface area contributed by atoms with Gasteiger partial charge >= 0.3 is 0 Å². The van der Waals surface area contributed by atoms with Crippen LogP contribution in [0.25, 0.3) is 0 Å². The Morgan fingerprint density at radius 1 is 1.39 bits per heavy atom. The van der Waals surface area contributed by atoms with Crippen molar-refractivity contribution in [2.45, 2.75) is 16.7 Å². The van der Waals surface area contributed by atoms with E-state index in [-0.39, 0.29) is 17.7 Å². The Morgan fingerprint density at radius 3 is 2.83 bits per heavy atom. The molecule has 0 radical (unpaired) electrons. The van der Waals surface area contributed by atoms with Crippen LogP contribution in [0.1, 0.15) is 17.9 Å². The van der Waals surface area contributed by atoms with E-state index in [1.165, 1.54) is 23.1 Å². The van der Waals surface area contributed by atoms with Crippen LogP contribution in [0, 0.1) is 17.2 Å². The zero-order valence-electron chi connectivity index (χ0n) is 11.6. The molecule has 1 aliphatic carbocycles. The van der Waals surface area contributed by atoms with Crippen molar-refractivity contribution in [2.24, 2.45) is 5.92 Å². The summed E-state index contributed by atoms with van der Waals surface area (Å²) in [5.41, 5.74) is 0.977. The lowest BCUT2D eigenvalue weighted by molar-refractivity contribution is -0.117. The maximum absolute atomic E-state index is 12.3. The zero-order chi connectivity index (χ0) is 16.4. The smallest absolute Gasteiger partial charge is 0.229 e. The van der Waals surface area contributed by atoms with Gasteiger partial charge in [-0.25, -0.2) is 0 Å². The van der Waals surface area contributed by atoms with Crippen molar-refractivity contribution in [3.05, 3.63) is 33.8 Å². The number of amides is 1. The molecular weight excluding hydrogens is 375 g/mol. The number of hydrogen-bond donors (Lipinski definition) is 1. The van der Waals surface area contributed by atoms with E-state index in [0.717, 1.165) is 12.0 Å². The number of carbonyl (C=O) groups excluding carboxylic acids is 1. The molecule has 0 spiro atoms. The van der Waals surface area contributed by atoms with Gasteiger partial charge in [0.05, 0.1) is 11.8 Å². The number of nitrogens with zero attached hydrogens (tertiary/aromatic N) is 3. The molecule has 1 aromatic carbocycles. The molecule has 1 amide bonds. The first-order valence-electron chi connectivity index (χ1n) is 6.67. The largest absolute Gasteiger partial charge is 0.300 e. The average Bonchev–Trinajstić information content (AvgIpc) is 3.19. The van der Waals surface area contributed by atoms with Crippen LogP contribution in [-0.2, 0) is 4.79 Å². The van der Waals surface area contributed by atoms with Gasteiger partial charge in [-0.3, -0.25) is 4.79 Å². The number of carbonyl (C=O) groups is 1. The summed E-state index contributed by atoms with van der Waals surface area (Å²) in [5.74, 6) is 0.247. The summed E-state index contributed by atoms with van der Waals surface area (Å²) in [6.45, 7) is 0. The molecule has 0 bridgehead atoms. The van der Waals surface area contributed by atoms with Gasteiger partial charge < -0.3 is 5.32 Å². The molecule has 1 saturated carbocycles. The highest BCUT2D eigenvalue weighted by Crippen LogP contribution is 2.49. The van der Waals surface area contributed by atoms with Gasteiger partial charge in [0.2, 0.25) is 11.0 Å². The molecule has 23 heavy (non-hydrogen) atoms. The van der Waals surface area contributed by atoms with E-state index < -0.39 is 0 Å². The predicted molar refractivity (Wildman–Crippen MR) is 92.2 cm³/mol. The van der Waals surface area contributed by atoms with E-state index in [9.17, 15) is 4.79 Å². The van der Waals surface area contributed by atoms with Crippen molar-refractivity contribution in [2.75, 3.05) is 11.1 Å². The lowest BCUT2D eigenvalue weighted by Gasteiger charge is -2.03. The first-order valence-corrected chi connectivity index (χ1v) is 9.22. The Hall–Kier alpha value is -1.33. The Balaban J connectivity index is 1.60. The second-order valence-electron chi connectivity index (χ2n) is 4.96. The fourth-order valence-corrected chi connectivity index (χ4v) is 4.21. The summed E-state index contributed by atoms with van der Waals surface area (Å²) < 4.78 is 0.663. The number of halogens is 2. The third-order valence-corrected chi connectivity index (χ3v) is 5.61. The second-order valence-corrected chi connectivity index (χ2v) is 8.03. The molecule has 3 rings (SSSR count). The van der Waals surface area contributed by atoms with Crippen LogP contribution in [0.3, 0.4) is 0 Å². The van der Waals surface area contributed by atoms with Crippen LogP contribution in [-0.4, -0.2) is 21.9 Å². The molecule has 0 saturated heterocycles. The lowest BCUT2D eigenvalue weighted by atomic mass is 10.1. The molecule has 2 aromatic rings. The molecule has 1 N–H and O–H groups in total. The van der Waals surface area contributed by atoms with Gasteiger partial charge in [0, 0.05) is 16.0 Å². The van der Waals surface area contributed by atoms with Crippen molar-refractivity contribution < 1.29 is 4.79 Å². The summed E-state index contributed by atoms with van der Waals surface area (Å²) in [6.07, 6.45) is 0.761. The summed E-state index contributed by atoms with van der Waals surface area (Å²) in [6, 6.07) is 7.37. The highest BCUT2D eigenvalue weighted by atomic mass is 35.5. The minimum absolute atomic E-state index is 0.0842. The van der Waals surface area contributed by atoms with E-state index in [1.54, 1.807) is 6.07 Å². The molecule has 118 valence electrons. The van der Waals surface area contributed by atoms with Crippen molar-refractivity contribution in [3.8, 4) is 6.07 Å². The molecule has 1 aromatic heterocycles. The molecular formula is C14H10Cl2N4OS2. The number of rotatable bonds is 5. The third-order valence-electron chi connectivity index (χ3n) is 3.34. The molecule has 9 heteroatoms. The van der Waals surface area contributed by atoms with Crippen molar-refractivity contribution in [1.29, 1.82) is 5.26 Å². The van der Waals surface area contributed by atoms with Gasteiger partial charge in [0.25, 0.3) is 0 Å². The van der Waals surface area contributed by atoms with Crippen LogP contribution in [0.15, 0.2) is 22.5 Å². The number of nitriles is 1. The van der Waals surface area contributed by atoms with Crippen molar-refractivity contribution in [1.82, 2.24) is 10.2 Å². The minimum atomic E-state index is -0.108. The molecule has 1 aliphatic rings. The fourth-order valence-electron chi connectivity index (χ4n) is 2.25. The van der Waals surface area contributed by atoms with Gasteiger partial charge in [0.15, 0.2) is 4.34 Å². The van der Waals surface area contributed by atoms with Gasteiger partial charge in [-0.2, -0.15) is 5.26 Å². The van der Waals surface area contributed by atoms with E-state index >= 15 is 0 Å². The molecule has 0 unspecified atom stereocenters. The Morgan fingerprint density at radius 2 is 2.13 bits per heavy atom. The molecule has 0 aliphatic heterocycles. The topological polar surface area (TPSA) is 78.7 Å². The highest BCUT2D eigenvalue weighted by Gasteiger charge is 2.44. The standard InChI is InChI=1S/C14H10Cl2N4OS2/c15-8-3-7(4-9(16)5-8)10-6-11(10)12(21)18-13-19-20-14(23-13)22-2-1-17/h3-5,10-11H,2,6H2,(H,18,19,21)/t10-,11+/m0/s1. The van der Waals surface area contributed by atoms with Gasteiger partial charge in [-0.1, -0.05) is 46.3 Å². The zero-order valence-corrected chi connectivity index (χ0v) is 14.8. The molecule has 5 nitrogen and oxygen atoms in total. The van der Waals surface area contributed by atoms with E-state index in [0.29, 0.717) is 25.3 Å². The Kier molecular flexibility index (Phi) is 5.07. The number of benzene rings is 1. The number of nitrogens with one attached hydrogen (secondary N) is 1. The molecule has 2 atom stereocenters. The third kappa shape index (κ3) is 4.15. The average molecular weight is 385 g/mol. The van der Waals surface area contributed by atoms with Crippen LogP contribution in [0.5, 0.6) is 0 Å². The Labute approximate surface area is 151 Å². The molecule has 1 fully saturated rings. The SMILES string of the molecule is N#CCSc1nnc(NC(=O)[C@@H]2C[C@H]2c2cc(Cl)cc(Cl)c2)s1. The van der Waals surface area contributed by atoms with Crippen LogP contribution in [0.2, 0.25) is 10.0 Å². The number of aromatic nitrogens is 2. The first-order chi connectivity index (χ1) is 11.1. The van der Waals surface area contributed by atoms with Crippen molar-refractivity contribution in [3.63, 3.8) is 0 Å². The maximum Gasteiger partial charge on any atom is 0.229 e. The number of anilines is 1. The highest BCUT2D eigenvalue weighted by molar-refractivity contribution is 8.01. The fraction of sp³-hybridized carbons (Fsp3) is 0.286. The number of thioether (sulfide) groups is 1. The van der Waals surface area contributed by atoms with E-state index in [1.807, 2.05) is 18.2 Å². The van der Waals surface area contributed by atoms with Gasteiger partial charge in [0.1, 0.15) is 0 Å². The minimum Gasteiger partial charge on any atom is -0.300 e. The quantitative estimate of drug-likeness (QED) is 0.616. The summed E-state index contributed by atoms with van der Waals surface area (Å²) in [4.78, 5) is 12.3. The monoisotopic (exact) mass is 384 g/mol. The summed E-state index contributed by atoms with van der Waals surface area (Å²) in [5, 5.41) is 20.7. The van der Waals surface area contributed by atoms with Gasteiger partial charge in [-0.05, 0) is 36.1 Å². The normalized spacial score (nSPS) is 19.2. The molecule has 1 heterocycles. The van der Waals surface area contributed by atoms with E-state index in [4.69, 9.17) is 28.5 Å². The van der Waals surface area contributed by atoms with Crippen LogP contribution in [0.4, 0.5) is 5.13 Å².